The highest BCUT2D eigenvalue weighted by Crippen LogP contribution is 2.62. The van der Waals surface area contributed by atoms with E-state index in [0.29, 0.717) is 0 Å². The van der Waals surface area contributed by atoms with E-state index in [1.54, 1.807) is 0 Å². The molecule has 1 rings (SSSR count). The monoisotopic (exact) mass is 214 g/mol. The lowest BCUT2D eigenvalue weighted by molar-refractivity contribution is -0.201. The van der Waals surface area contributed by atoms with Gasteiger partial charge in [-0.2, -0.15) is 26.3 Å². The molecule has 1 fully saturated rings. The molecule has 0 aromatic heterocycles. The molecule has 8 heteroatoms. The molecule has 0 aromatic rings. The predicted octanol–water partition coefficient (Wildman–Crippen LogP) is 2.89. The molecular formula is C4HF7S. The Morgan fingerprint density at radius 2 is 1.33 bits per heavy atom. The van der Waals surface area contributed by atoms with Crippen molar-refractivity contribution in [3.05, 3.63) is 0 Å². The van der Waals surface area contributed by atoms with Gasteiger partial charge in [-0.25, -0.2) is 4.39 Å². The van der Waals surface area contributed by atoms with Crippen LogP contribution in [-0.4, -0.2) is 22.6 Å². The lowest BCUT2D eigenvalue weighted by Crippen LogP contribution is -2.42. The lowest BCUT2D eigenvalue weighted by atomic mass is 10.2. The van der Waals surface area contributed by atoms with Crippen molar-refractivity contribution in [2.45, 2.75) is 22.6 Å². The molecule has 0 radical (unpaired) electrons. The SMILES string of the molecule is FC1C(F)(F)SC(F)(F)C1(F)F. The maximum absolute atomic E-state index is 12.0. The fourth-order valence-electron chi connectivity index (χ4n) is 0.649. The van der Waals surface area contributed by atoms with Gasteiger partial charge in [0, 0.05) is 0 Å². The number of hydrogen-bond acceptors (Lipinski definition) is 1. The van der Waals surface area contributed by atoms with Gasteiger partial charge in [-0.15, -0.1) is 0 Å². The standard InChI is InChI=1S/C4HF7S/c5-1-2(6,7)4(10,11)12-3(1,8)9/h1H. The normalized spacial score (nSPS) is 36.8. The van der Waals surface area contributed by atoms with Crippen molar-refractivity contribution < 1.29 is 30.7 Å². The number of alkyl halides is 7. The highest BCUT2D eigenvalue weighted by molar-refractivity contribution is 8.01. The molecule has 1 aliphatic heterocycles. The minimum atomic E-state index is -5.30. The smallest absolute Gasteiger partial charge is 0.233 e. The van der Waals surface area contributed by atoms with E-state index in [1.165, 1.54) is 0 Å². The molecule has 0 amide bonds. The van der Waals surface area contributed by atoms with Gasteiger partial charge in [-0.1, -0.05) is 0 Å². The van der Waals surface area contributed by atoms with E-state index in [4.69, 9.17) is 0 Å². The van der Waals surface area contributed by atoms with Gasteiger partial charge in [0.25, 0.3) is 0 Å². The summed E-state index contributed by atoms with van der Waals surface area (Å²) in [5.41, 5.74) is 0. The van der Waals surface area contributed by atoms with Crippen LogP contribution in [0.25, 0.3) is 0 Å². The topological polar surface area (TPSA) is 0 Å². The van der Waals surface area contributed by atoms with E-state index >= 15 is 0 Å². The Balaban J connectivity index is 3.05. The highest BCUT2D eigenvalue weighted by atomic mass is 32.2. The molecule has 0 aliphatic carbocycles. The summed E-state index contributed by atoms with van der Waals surface area (Å²) in [7, 11) is 0. The molecule has 1 aliphatic rings. The number of rotatable bonds is 0. The van der Waals surface area contributed by atoms with Gasteiger partial charge in [0.05, 0.1) is 0 Å². The molecule has 0 bridgehead atoms. The van der Waals surface area contributed by atoms with Crippen molar-refractivity contribution in [2.24, 2.45) is 0 Å². The summed E-state index contributed by atoms with van der Waals surface area (Å²) in [4.78, 5) is 0. The van der Waals surface area contributed by atoms with Gasteiger partial charge < -0.3 is 0 Å². The van der Waals surface area contributed by atoms with Crippen LogP contribution in [0.5, 0.6) is 0 Å². The first kappa shape index (κ1) is 9.94. The van der Waals surface area contributed by atoms with E-state index in [9.17, 15) is 30.7 Å². The first-order valence-corrected chi connectivity index (χ1v) is 3.40. The second-order valence-electron chi connectivity index (χ2n) is 2.17. The van der Waals surface area contributed by atoms with Crippen LogP contribution < -0.4 is 0 Å². The van der Waals surface area contributed by atoms with Crippen LogP contribution in [0.2, 0.25) is 0 Å². The van der Waals surface area contributed by atoms with Crippen LogP contribution in [-0.2, 0) is 0 Å². The minimum absolute atomic E-state index is 1.65. The summed E-state index contributed by atoms with van der Waals surface area (Å²) in [5, 5.41) is -9.77. The van der Waals surface area contributed by atoms with Crippen LogP contribution >= 0.6 is 11.8 Å². The Kier molecular flexibility index (Phi) is 1.83. The van der Waals surface area contributed by atoms with Gasteiger partial charge in [0.15, 0.2) is 0 Å². The van der Waals surface area contributed by atoms with Gasteiger partial charge in [-0.3, -0.25) is 0 Å². The van der Waals surface area contributed by atoms with E-state index in [-0.39, 0.29) is 0 Å². The van der Waals surface area contributed by atoms with Gasteiger partial charge in [-0.05, 0) is 11.8 Å². The van der Waals surface area contributed by atoms with E-state index in [2.05, 4.69) is 0 Å². The third kappa shape index (κ3) is 1.07. The van der Waals surface area contributed by atoms with Crippen molar-refractivity contribution >= 4 is 11.8 Å². The highest BCUT2D eigenvalue weighted by Gasteiger charge is 2.79. The molecule has 1 unspecified atom stereocenters. The summed E-state index contributed by atoms with van der Waals surface area (Å²) in [6, 6.07) is 0. The summed E-state index contributed by atoms with van der Waals surface area (Å²) in [5.74, 6) is -5.30. The molecule has 1 saturated heterocycles. The van der Waals surface area contributed by atoms with Crippen molar-refractivity contribution in [3.8, 4) is 0 Å². The van der Waals surface area contributed by atoms with Crippen LogP contribution in [0.15, 0.2) is 0 Å². The third-order valence-corrected chi connectivity index (χ3v) is 2.27. The van der Waals surface area contributed by atoms with Gasteiger partial charge >= 0.3 is 16.4 Å². The van der Waals surface area contributed by atoms with Gasteiger partial charge in [0.1, 0.15) is 0 Å². The van der Waals surface area contributed by atoms with Crippen molar-refractivity contribution in [1.82, 2.24) is 0 Å². The number of halogens is 7. The van der Waals surface area contributed by atoms with Crippen molar-refractivity contribution in [1.29, 1.82) is 0 Å². The summed E-state index contributed by atoms with van der Waals surface area (Å²) in [6.45, 7) is 0. The third-order valence-electron chi connectivity index (χ3n) is 1.27. The molecule has 0 saturated carbocycles. The maximum atomic E-state index is 12.0. The average Bonchev–Trinajstić information content (AvgIpc) is 1.90. The fourth-order valence-corrected chi connectivity index (χ4v) is 1.48. The fraction of sp³-hybridized carbons (Fsp3) is 1.00. The van der Waals surface area contributed by atoms with E-state index in [1.807, 2.05) is 0 Å². The van der Waals surface area contributed by atoms with Crippen LogP contribution in [0.3, 0.4) is 0 Å². The van der Waals surface area contributed by atoms with Crippen LogP contribution in [0, 0.1) is 0 Å². The van der Waals surface area contributed by atoms with E-state index in [0.717, 1.165) is 0 Å². The summed E-state index contributed by atoms with van der Waals surface area (Å²) in [6.07, 6.45) is -4.13. The quantitative estimate of drug-likeness (QED) is 0.558. The van der Waals surface area contributed by atoms with Crippen molar-refractivity contribution in [3.63, 3.8) is 0 Å². The van der Waals surface area contributed by atoms with Crippen molar-refractivity contribution in [2.75, 3.05) is 0 Å². The zero-order valence-corrected chi connectivity index (χ0v) is 5.95. The van der Waals surface area contributed by atoms with Crippen LogP contribution in [0.4, 0.5) is 30.7 Å². The molecule has 1 atom stereocenters. The van der Waals surface area contributed by atoms with Gasteiger partial charge in [0.2, 0.25) is 6.17 Å². The summed E-state index contributed by atoms with van der Waals surface area (Å²) >= 11 is -1.65. The zero-order valence-electron chi connectivity index (χ0n) is 5.13. The number of hydrogen-bond donors (Lipinski definition) is 0. The first-order valence-electron chi connectivity index (χ1n) is 2.59. The molecule has 12 heavy (non-hydrogen) atoms. The predicted molar refractivity (Wildman–Crippen MR) is 27.3 cm³/mol. The molecule has 0 spiro atoms. The molecule has 1 heterocycles. The largest absolute Gasteiger partial charge is 0.364 e. The molecule has 0 N–H and O–H groups in total. The summed E-state index contributed by atoms with van der Waals surface area (Å²) < 4.78 is 83.8. The molecule has 0 nitrogen and oxygen atoms in total. The Morgan fingerprint density at radius 3 is 1.42 bits per heavy atom. The second-order valence-corrected chi connectivity index (χ2v) is 3.43. The molecule has 72 valence electrons. The lowest BCUT2D eigenvalue weighted by Gasteiger charge is -2.16. The second kappa shape index (κ2) is 2.21. The Morgan fingerprint density at radius 1 is 0.917 bits per heavy atom. The van der Waals surface area contributed by atoms with E-state index < -0.39 is 34.4 Å². The maximum Gasteiger partial charge on any atom is 0.364 e. The Bertz CT molecular complexity index is 200. The Labute approximate surface area is 66.1 Å². The minimum Gasteiger partial charge on any atom is -0.233 e. The molecule has 0 aromatic carbocycles. The Hall–Kier alpha value is -0.140. The van der Waals surface area contributed by atoms with Crippen LogP contribution in [0.1, 0.15) is 0 Å². The zero-order chi connectivity index (χ0) is 9.78. The first-order chi connectivity index (χ1) is 5.11. The number of thioether (sulfide) groups is 1. The average molecular weight is 214 g/mol. The molecular weight excluding hydrogens is 213 g/mol.